The van der Waals surface area contributed by atoms with Crippen LogP contribution in [0.2, 0.25) is 5.15 Å². The Bertz CT molecular complexity index is 859. The van der Waals surface area contributed by atoms with Gasteiger partial charge in [0.1, 0.15) is 12.4 Å². The zero-order chi connectivity index (χ0) is 20.8. The van der Waals surface area contributed by atoms with Gasteiger partial charge in [-0.1, -0.05) is 23.7 Å². The minimum Gasteiger partial charge on any atom is -0.454 e. The number of hydrogen-bond donors (Lipinski definition) is 0. The van der Waals surface area contributed by atoms with E-state index in [2.05, 4.69) is 10.2 Å². The van der Waals surface area contributed by atoms with E-state index in [1.54, 1.807) is 47.2 Å². The molecule has 1 aromatic carbocycles. The van der Waals surface area contributed by atoms with E-state index in [-0.39, 0.29) is 30.0 Å². The summed E-state index contributed by atoms with van der Waals surface area (Å²) in [5.41, 5.74) is 0.527. The summed E-state index contributed by atoms with van der Waals surface area (Å²) >= 11 is 5.68. The lowest BCUT2D eigenvalue weighted by Gasteiger charge is -2.36. The van der Waals surface area contributed by atoms with Crippen molar-refractivity contribution in [1.29, 1.82) is 0 Å². The number of para-hydroxylation sites is 1. The maximum atomic E-state index is 13.9. The van der Waals surface area contributed by atoms with Gasteiger partial charge in [-0.15, -0.1) is 10.2 Å². The Morgan fingerprint density at radius 1 is 1.14 bits per heavy atom. The molecule has 1 aromatic heterocycles. The fourth-order valence-corrected chi connectivity index (χ4v) is 3.07. The third-order valence-corrected chi connectivity index (χ3v) is 4.76. The van der Waals surface area contributed by atoms with Gasteiger partial charge in [-0.2, -0.15) is 0 Å². The van der Waals surface area contributed by atoms with Gasteiger partial charge in [-0.3, -0.25) is 9.59 Å². The average Bonchev–Trinajstić information content (AvgIpc) is 2.73. The third kappa shape index (κ3) is 5.54. The summed E-state index contributed by atoms with van der Waals surface area (Å²) in [6, 6.07) is 9.75. The van der Waals surface area contributed by atoms with Crippen LogP contribution in [0.15, 0.2) is 36.4 Å². The number of likely N-dealkylation sites (N-methyl/N-ethyl adjacent to an activating group) is 1. The Hall–Kier alpha value is -2.94. The third-order valence-electron chi connectivity index (χ3n) is 4.56. The number of hydrogen-bond acceptors (Lipinski definition) is 7. The molecular formula is C19H21ClFN5O3. The number of piperazine rings is 1. The van der Waals surface area contributed by atoms with Crippen molar-refractivity contribution in [3.63, 3.8) is 0 Å². The van der Waals surface area contributed by atoms with Crippen LogP contribution in [0.3, 0.4) is 0 Å². The molecule has 0 N–H and O–H groups in total. The molecule has 1 fully saturated rings. The van der Waals surface area contributed by atoms with E-state index in [1.165, 1.54) is 6.07 Å². The first-order chi connectivity index (χ1) is 13.9. The molecule has 1 aliphatic rings. The van der Waals surface area contributed by atoms with Crippen molar-refractivity contribution in [2.24, 2.45) is 0 Å². The predicted octanol–water partition coefficient (Wildman–Crippen LogP) is 1.60. The van der Waals surface area contributed by atoms with Crippen molar-refractivity contribution < 1.29 is 18.7 Å². The Kier molecular flexibility index (Phi) is 6.82. The highest BCUT2D eigenvalue weighted by Gasteiger charge is 2.23. The number of carbonyl (C=O) groups is 2. The van der Waals surface area contributed by atoms with E-state index >= 15 is 0 Å². The smallest absolute Gasteiger partial charge is 0.326 e. The van der Waals surface area contributed by atoms with Gasteiger partial charge in [-0.25, -0.2) is 4.39 Å². The highest BCUT2D eigenvalue weighted by atomic mass is 35.5. The van der Waals surface area contributed by atoms with Crippen LogP contribution in [0.25, 0.3) is 0 Å². The van der Waals surface area contributed by atoms with E-state index < -0.39 is 5.97 Å². The largest absolute Gasteiger partial charge is 0.454 e. The Labute approximate surface area is 172 Å². The molecule has 154 valence electrons. The quantitative estimate of drug-likeness (QED) is 0.655. The fraction of sp³-hybridized carbons (Fsp3) is 0.368. The zero-order valence-electron chi connectivity index (χ0n) is 15.9. The number of amides is 1. The summed E-state index contributed by atoms with van der Waals surface area (Å²) < 4.78 is 19.0. The van der Waals surface area contributed by atoms with Crippen molar-refractivity contribution >= 4 is 35.0 Å². The molecule has 0 spiro atoms. The van der Waals surface area contributed by atoms with Crippen LogP contribution in [0, 0.1) is 5.82 Å². The predicted molar refractivity (Wildman–Crippen MR) is 106 cm³/mol. The van der Waals surface area contributed by atoms with Gasteiger partial charge in [0.25, 0.3) is 5.91 Å². The highest BCUT2D eigenvalue weighted by molar-refractivity contribution is 6.29. The van der Waals surface area contributed by atoms with Gasteiger partial charge in [-0.05, 0) is 24.3 Å². The van der Waals surface area contributed by atoms with Crippen LogP contribution in [-0.2, 0) is 14.3 Å². The lowest BCUT2D eigenvalue weighted by Crippen LogP contribution is -2.50. The molecule has 8 nitrogen and oxygen atoms in total. The number of benzene rings is 1. The van der Waals surface area contributed by atoms with Crippen LogP contribution in [0.4, 0.5) is 15.9 Å². The van der Waals surface area contributed by atoms with Crippen LogP contribution in [0.5, 0.6) is 0 Å². The molecule has 2 aromatic rings. The number of ether oxygens (including phenoxy) is 1. The van der Waals surface area contributed by atoms with Crippen LogP contribution >= 0.6 is 11.6 Å². The first-order valence-electron chi connectivity index (χ1n) is 9.07. The SMILES string of the molecule is CN(CC(=O)OCC(=O)N1CCN(c2ccccc2F)CC1)c1ccc(Cl)nn1. The van der Waals surface area contributed by atoms with Crippen molar-refractivity contribution in [3.8, 4) is 0 Å². The molecule has 2 heterocycles. The Balaban J connectivity index is 1.42. The van der Waals surface area contributed by atoms with E-state index in [9.17, 15) is 14.0 Å². The summed E-state index contributed by atoms with van der Waals surface area (Å²) in [6.07, 6.45) is 0. The van der Waals surface area contributed by atoms with Crippen LogP contribution in [-0.4, -0.2) is 73.4 Å². The molecule has 1 saturated heterocycles. The van der Waals surface area contributed by atoms with Crippen molar-refractivity contribution in [1.82, 2.24) is 15.1 Å². The normalized spacial score (nSPS) is 13.9. The summed E-state index contributed by atoms with van der Waals surface area (Å²) in [4.78, 5) is 29.4. The first-order valence-corrected chi connectivity index (χ1v) is 9.45. The molecule has 0 saturated carbocycles. The lowest BCUT2D eigenvalue weighted by atomic mass is 10.2. The second-order valence-electron chi connectivity index (χ2n) is 6.55. The maximum Gasteiger partial charge on any atom is 0.326 e. The number of rotatable bonds is 6. The molecule has 3 rings (SSSR count). The molecular weight excluding hydrogens is 401 g/mol. The number of esters is 1. The zero-order valence-corrected chi connectivity index (χ0v) is 16.7. The van der Waals surface area contributed by atoms with Crippen molar-refractivity contribution in [3.05, 3.63) is 47.4 Å². The minimum absolute atomic E-state index is 0.0787. The summed E-state index contributed by atoms with van der Waals surface area (Å²) in [5.74, 6) is -0.652. The van der Waals surface area contributed by atoms with Gasteiger partial charge in [0, 0.05) is 33.2 Å². The Morgan fingerprint density at radius 3 is 2.52 bits per heavy atom. The summed E-state index contributed by atoms with van der Waals surface area (Å²) in [6.45, 7) is 1.48. The first kappa shape index (κ1) is 20.8. The molecule has 1 amide bonds. The monoisotopic (exact) mass is 421 g/mol. The number of carbonyl (C=O) groups excluding carboxylic acids is 2. The molecule has 0 unspecified atom stereocenters. The van der Waals surface area contributed by atoms with Gasteiger partial charge >= 0.3 is 5.97 Å². The number of halogens is 2. The average molecular weight is 422 g/mol. The lowest BCUT2D eigenvalue weighted by molar-refractivity contribution is -0.151. The maximum absolute atomic E-state index is 13.9. The van der Waals surface area contributed by atoms with Gasteiger partial charge < -0.3 is 19.4 Å². The van der Waals surface area contributed by atoms with E-state index in [0.29, 0.717) is 37.7 Å². The molecule has 10 heteroatoms. The van der Waals surface area contributed by atoms with E-state index in [1.807, 2.05) is 4.90 Å². The van der Waals surface area contributed by atoms with E-state index in [4.69, 9.17) is 16.3 Å². The summed E-state index contributed by atoms with van der Waals surface area (Å²) in [5, 5.41) is 7.83. The highest BCUT2D eigenvalue weighted by Crippen LogP contribution is 2.20. The second-order valence-corrected chi connectivity index (χ2v) is 6.94. The van der Waals surface area contributed by atoms with Crippen LogP contribution < -0.4 is 9.80 Å². The van der Waals surface area contributed by atoms with Crippen molar-refractivity contribution in [2.75, 3.05) is 56.2 Å². The molecule has 0 aliphatic carbocycles. The fourth-order valence-electron chi connectivity index (χ4n) is 2.97. The van der Waals surface area contributed by atoms with Gasteiger partial charge in [0.2, 0.25) is 0 Å². The second kappa shape index (κ2) is 9.51. The number of aromatic nitrogens is 2. The van der Waals surface area contributed by atoms with E-state index in [0.717, 1.165) is 0 Å². The van der Waals surface area contributed by atoms with Crippen LogP contribution in [0.1, 0.15) is 0 Å². The molecule has 0 radical (unpaired) electrons. The van der Waals surface area contributed by atoms with Gasteiger partial charge in [0.05, 0.1) is 5.69 Å². The molecule has 1 aliphatic heterocycles. The molecule has 29 heavy (non-hydrogen) atoms. The molecule has 0 atom stereocenters. The topological polar surface area (TPSA) is 78.9 Å². The molecule has 0 bridgehead atoms. The number of anilines is 2. The number of nitrogens with zero attached hydrogens (tertiary/aromatic N) is 5. The van der Waals surface area contributed by atoms with Gasteiger partial charge in [0.15, 0.2) is 17.6 Å². The minimum atomic E-state index is -0.553. The standard InChI is InChI=1S/C19H21ClFN5O3/c1-24(17-7-6-16(20)22-23-17)12-19(28)29-13-18(27)26-10-8-25(9-11-26)15-5-3-2-4-14(15)21/h2-7H,8-13H2,1H3. The van der Waals surface area contributed by atoms with Crippen molar-refractivity contribution in [2.45, 2.75) is 0 Å². The summed E-state index contributed by atoms with van der Waals surface area (Å²) in [7, 11) is 1.66. The Morgan fingerprint density at radius 2 is 1.86 bits per heavy atom.